The number of morpholine rings is 1. The van der Waals surface area contributed by atoms with Crippen LogP contribution in [0.1, 0.15) is 41.0 Å². The number of carbonyl (C=O) groups is 1. The van der Waals surface area contributed by atoms with Crippen LogP contribution in [0.2, 0.25) is 0 Å². The SMILES string of the molecule is CCCn1ncc(C(=O)NC[C@@H](c2cccnc2)N2CCOCC2)c1C. The topological polar surface area (TPSA) is 72.3 Å². The molecule has 1 aliphatic rings. The lowest BCUT2D eigenvalue weighted by Crippen LogP contribution is -2.43. The number of ether oxygens (including phenoxy) is 1. The van der Waals surface area contributed by atoms with E-state index in [1.165, 1.54) is 0 Å². The maximum absolute atomic E-state index is 12.7. The van der Waals surface area contributed by atoms with Crippen LogP contribution in [0.3, 0.4) is 0 Å². The average Bonchev–Trinajstić information content (AvgIpc) is 3.04. The molecule has 0 bridgehead atoms. The minimum absolute atomic E-state index is 0.0768. The molecule has 1 N–H and O–H groups in total. The van der Waals surface area contributed by atoms with Crippen molar-refractivity contribution in [2.45, 2.75) is 32.9 Å². The molecule has 2 aromatic rings. The number of pyridine rings is 1. The lowest BCUT2D eigenvalue weighted by molar-refractivity contribution is 0.0161. The summed E-state index contributed by atoms with van der Waals surface area (Å²) in [6.07, 6.45) is 6.29. The van der Waals surface area contributed by atoms with Crippen LogP contribution in [0.4, 0.5) is 0 Å². The maximum atomic E-state index is 12.7. The Labute approximate surface area is 154 Å². The van der Waals surface area contributed by atoms with Gasteiger partial charge in [-0.3, -0.25) is 19.4 Å². The van der Waals surface area contributed by atoms with E-state index in [9.17, 15) is 4.79 Å². The molecule has 1 saturated heterocycles. The van der Waals surface area contributed by atoms with Crippen molar-refractivity contribution in [2.24, 2.45) is 0 Å². The Hall–Kier alpha value is -2.25. The molecule has 1 fully saturated rings. The van der Waals surface area contributed by atoms with E-state index in [0.717, 1.165) is 37.3 Å². The van der Waals surface area contributed by atoms with Crippen LogP contribution in [0.5, 0.6) is 0 Å². The number of carbonyl (C=O) groups excluding carboxylic acids is 1. The van der Waals surface area contributed by atoms with Gasteiger partial charge in [0.1, 0.15) is 0 Å². The Morgan fingerprint density at radius 3 is 2.85 bits per heavy atom. The Balaban J connectivity index is 1.70. The molecule has 0 radical (unpaired) electrons. The van der Waals surface area contributed by atoms with Gasteiger partial charge in [-0.2, -0.15) is 5.10 Å². The van der Waals surface area contributed by atoms with Crippen molar-refractivity contribution in [1.82, 2.24) is 25.0 Å². The third kappa shape index (κ3) is 4.28. The fraction of sp³-hybridized carbons (Fsp3) is 0.526. The highest BCUT2D eigenvalue weighted by atomic mass is 16.5. The van der Waals surface area contributed by atoms with E-state index >= 15 is 0 Å². The highest BCUT2D eigenvalue weighted by Crippen LogP contribution is 2.20. The first kappa shape index (κ1) is 18.5. The van der Waals surface area contributed by atoms with Gasteiger partial charge >= 0.3 is 0 Å². The molecule has 0 aromatic carbocycles. The van der Waals surface area contributed by atoms with E-state index in [-0.39, 0.29) is 11.9 Å². The van der Waals surface area contributed by atoms with Crippen LogP contribution >= 0.6 is 0 Å². The summed E-state index contributed by atoms with van der Waals surface area (Å²) >= 11 is 0. The Kier molecular flexibility index (Phi) is 6.35. The second-order valence-electron chi connectivity index (χ2n) is 6.53. The predicted molar refractivity (Wildman–Crippen MR) is 99.0 cm³/mol. The highest BCUT2D eigenvalue weighted by molar-refractivity contribution is 5.95. The van der Waals surface area contributed by atoms with Gasteiger partial charge < -0.3 is 10.1 Å². The second-order valence-corrected chi connectivity index (χ2v) is 6.53. The molecule has 1 amide bonds. The summed E-state index contributed by atoms with van der Waals surface area (Å²) in [7, 11) is 0. The molecule has 1 atom stereocenters. The fourth-order valence-corrected chi connectivity index (χ4v) is 3.31. The van der Waals surface area contributed by atoms with Gasteiger partial charge in [-0.15, -0.1) is 0 Å². The van der Waals surface area contributed by atoms with Crippen molar-refractivity contribution in [1.29, 1.82) is 0 Å². The molecule has 0 aliphatic carbocycles. The number of nitrogens with zero attached hydrogens (tertiary/aromatic N) is 4. The normalized spacial score (nSPS) is 16.4. The second kappa shape index (κ2) is 8.91. The molecule has 26 heavy (non-hydrogen) atoms. The van der Waals surface area contributed by atoms with Crippen LogP contribution < -0.4 is 5.32 Å². The number of aryl methyl sites for hydroxylation is 1. The van der Waals surface area contributed by atoms with Gasteiger partial charge in [0.25, 0.3) is 5.91 Å². The first-order valence-corrected chi connectivity index (χ1v) is 9.23. The number of nitrogens with one attached hydrogen (secondary N) is 1. The van der Waals surface area contributed by atoms with Crippen LogP contribution in [0, 0.1) is 6.92 Å². The summed E-state index contributed by atoms with van der Waals surface area (Å²) in [6, 6.07) is 4.08. The highest BCUT2D eigenvalue weighted by Gasteiger charge is 2.24. The molecule has 3 heterocycles. The third-order valence-electron chi connectivity index (χ3n) is 4.79. The van der Waals surface area contributed by atoms with Gasteiger partial charge in [-0.1, -0.05) is 13.0 Å². The molecular formula is C19H27N5O2. The van der Waals surface area contributed by atoms with E-state index in [4.69, 9.17) is 4.74 Å². The zero-order valence-corrected chi connectivity index (χ0v) is 15.5. The van der Waals surface area contributed by atoms with Gasteiger partial charge in [0.15, 0.2) is 0 Å². The summed E-state index contributed by atoms with van der Waals surface area (Å²) in [5, 5.41) is 7.41. The van der Waals surface area contributed by atoms with Crippen molar-refractivity contribution >= 4 is 5.91 Å². The van der Waals surface area contributed by atoms with E-state index < -0.39 is 0 Å². The van der Waals surface area contributed by atoms with E-state index in [2.05, 4.69) is 33.3 Å². The maximum Gasteiger partial charge on any atom is 0.254 e. The summed E-state index contributed by atoms with van der Waals surface area (Å²) in [4.78, 5) is 19.3. The molecule has 0 saturated carbocycles. The molecule has 7 heteroatoms. The summed E-state index contributed by atoms with van der Waals surface area (Å²) in [5.41, 5.74) is 2.66. The lowest BCUT2D eigenvalue weighted by Gasteiger charge is -2.34. The zero-order chi connectivity index (χ0) is 18.4. The van der Waals surface area contributed by atoms with Crippen molar-refractivity contribution < 1.29 is 9.53 Å². The van der Waals surface area contributed by atoms with E-state index in [1.54, 1.807) is 12.4 Å². The molecule has 0 unspecified atom stereocenters. The number of hydrogen-bond acceptors (Lipinski definition) is 5. The Morgan fingerprint density at radius 1 is 1.35 bits per heavy atom. The summed E-state index contributed by atoms with van der Waals surface area (Å²) in [5.74, 6) is -0.0768. The Bertz CT molecular complexity index is 710. The lowest BCUT2D eigenvalue weighted by atomic mass is 10.1. The van der Waals surface area contributed by atoms with Crippen LogP contribution in [0.25, 0.3) is 0 Å². The number of hydrogen-bond donors (Lipinski definition) is 1. The Morgan fingerprint density at radius 2 is 2.15 bits per heavy atom. The van der Waals surface area contributed by atoms with Gasteiger partial charge in [-0.25, -0.2) is 0 Å². The first-order chi connectivity index (χ1) is 12.7. The smallest absolute Gasteiger partial charge is 0.254 e. The first-order valence-electron chi connectivity index (χ1n) is 9.23. The molecule has 0 spiro atoms. The third-order valence-corrected chi connectivity index (χ3v) is 4.79. The van der Waals surface area contributed by atoms with Gasteiger partial charge in [0.05, 0.1) is 31.0 Å². The zero-order valence-electron chi connectivity index (χ0n) is 15.5. The number of amides is 1. The van der Waals surface area contributed by atoms with Crippen LogP contribution in [-0.2, 0) is 11.3 Å². The van der Waals surface area contributed by atoms with E-state index in [1.807, 2.05) is 23.9 Å². The molecule has 3 rings (SSSR count). The van der Waals surface area contributed by atoms with Gasteiger partial charge in [0.2, 0.25) is 0 Å². The average molecular weight is 357 g/mol. The van der Waals surface area contributed by atoms with Crippen molar-refractivity contribution in [3.63, 3.8) is 0 Å². The fourth-order valence-electron chi connectivity index (χ4n) is 3.31. The quantitative estimate of drug-likeness (QED) is 0.818. The minimum atomic E-state index is -0.0768. The molecule has 7 nitrogen and oxygen atoms in total. The number of aromatic nitrogens is 3. The molecule has 1 aliphatic heterocycles. The monoisotopic (exact) mass is 357 g/mol. The summed E-state index contributed by atoms with van der Waals surface area (Å²) in [6.45, 7) is 8.53. The van der Waals surface area contributed by atoms with Gasteiger partial charge in [0, 0.05) is 44.3 Å². The van der Waals surface area contributed by atoms with Gasteiger partial charge in [-0.05, 0) is 25.0 Å². The van der Waals surface area contributed by atoms with E-state index in [0.29, 0.717) is 25.3 Å². The molecular weight excluding hydrogens is 330 g/mol. The standard InChI is InChI=1S/C19H27N5O2/c1-3-7-24-15(2)17(13-22-24)19(25)21-14-18(16-5-4-6-20-12-16)23-8-10-26-11-9-23/h4-6,12-13,18H,3,7-11,14H2,1-2H3,(H,21,25)/t18-/m0/s1. The van der Waals surface area contributed by atoms with Crippen molar-refractivity contribution in [3.05, 3.63) is 47.5 Å². The molecule has 2 aromatic heterocycles. The molecule has 140 valence electrons. The number of rotatable bonds is 7. The van der Waals surface area contributed by atoms with Crippen molar-refractivity contribution in [2.75, 3.05) is 32.8 Å². The van der Waals surface area contributed by atoms with Crippen LogP contribution in [0.15, 0.2) is 30.7 Å². The van der Waals surface area contributed by atoms with Crippen molar-refractivity contribution in [3.8, 4) is 0 Å². The van der Waals surface area contributed by atoms with Crippen LogP contribution in [-0.4, -0.2) is 58.4 Å². The minimum Gasteiger partial charge on any atom is -0.379 e. The largest absolute Gasteiger partial charge is 0.379 e. The predicted octanol–water partition coefficient (Wildman–Crippen LogP) is 1.80. The summed E-state index contributed by atoms with van der Waals surface area (Å²) < 4.78 is 7.35.